The van der Waals surface area contributed by atoms with Gasteiger partial charge in [0.25, 0.3) is 5.56 Å². The SMILES string of the molecule is COCCN(C(=O)CSCc1ccc(OC)c([N+](=O)[O-])c1)c1c(N)n(CC(C)C)c(=O)[nH]c1=O. The molecule has 12 nitrogen and oxygen atoms in total. The Bertz CT molecular complexity index is 1150. The van der Waals surface area contributed by atoms with Crippen LogP contribution in [0.2, 0.25) is 0 Å². The van der Waals surface area contributed by atoms with Crippen LogP contribution in [0.1, 0.15) is 19.4 Å². The Labute approximate surface area is 200 Å². The summed E-state index contributed by atoms with van der Waals surface area (Å²) in [6.45, 7) is 4.25. The second-order valence-electron chi connectivity index (χ2n) is 7.79. The molecule has 0 saturated heterocycles. The first-order valence-corrected chi connectivity index (χ1v) is 11.6. The molecule has 0 atom stereocenters. The highest BCUT2D eigenvalue weighted by Crippen LogP contribution is 2.29. The Hall–Kier alpha value is -3.32. The summed E-state index contributed by atoms with van der Waals surface area (Å²) in [6, 6.07) is 4.57. The van der Waals surface area contributed by atoms with E-state index in [1.54, 1.807) is 6.07 Å². The molecule has 1 aromatic carbocycles. The fourth-order valence-corrected chi connectivity index (χ4v) is 4.08. The van der Waals surface area contributed by atoms with Gasteiger partial charge in [-0.25, -0.2) is 4.79 Å². The summed E-state index contributed by atoms with van der Waals surface area (Å²) in [5.41, 5.74) is 5.12. The first-order chi connectivity index (χ1) is 16.1. The van der Waals surface area contributed by atoms with E-state index in [-0.39, 0.29) is 54.3 Å². The van der Waals surface area contributed by atoms with E-state index in [0.717, 1.165) is 0 Å². The van der Waals surface area contributed by atoms with Gasteiger partial charge < -0.3 is 20.1 Å². The van der Waals surface area contributed by atoms with E-state index >= 15 is 0 Å². The number of hydrogen-bond acceptors (Lipinski definition) is 9. The average Bonchev–Trinajstić information content (AvgIpc) is 2.78. The van der Waals surface area contributed by atoms with E-state index in [1.165, 1.54) is 47.6 Å². The first kappa shape index (κ1) is 26.9. The van der Waals surface area contributed by atoms with Gasteiger partial charge in [-0.1, -0.05) is 19.9 Å². The molecule has 0 radical (unpaired) electrons. The Morgan fingerprint density at radius 3 is 2.62 bits per heavy atom. The normalized spacial score (nSPS) is 11.0. The van der Waals surface area contributed by atoms with Crippen molar-refractivity contribution in [1.29, 1.82) is 0 Å². The second kappa shape index (κ2) is 12.2. The predicted octanol–water partition coefficient (Wildman–Crippen LogP) is 1.60. The fraction of sp³-hybridized carbons (Fsp3) is 0.476. The summed E-state index contributed by atoms with van der Waals surface area (Å²) in [6.07, 6.45) is 0. The number of anilines is 2. The molecule has 3 N–H and O–H groups in total. The molecule has 0 aliphatic rings. The minimum Gasteiger partial charge on any atom is -0.490 e. The molecule has 1 amide bonds. The highest BCUT2D eigenvalue weighted by Gasteiger charge is 2.24. The lowest BCUT2D eigenvalue weighted by Gasteiger charge is -2.24. The van der Waals surface area contributed by atoms with Gasteiger partial charge in [0, 0.05) is 32.0 Å². The third-order valence-corrected chi connectivity index (χ3v) is 5.77. The minimum atomic E-state index is -0.761. The molecule has 0 aliphatic carbocycles. The van der Waals surface area contributed by atoms with Gasteiger partial charge >= 0.3 is 11.4 Å². The van der Waals surface area contributed by atoms with Gasteiger partial charge in [0.05, 0.1) is 24.4 Å². The molecule has 0 saturated carbocycles. The Morgan fingerprint density at radius 2 is 2.03 bits per heavy atom. The summed E-state index contributed by atoms with van der Waals surface area (Å²) in [4.78, 5) is 52.0. The largest absolute Gasteiger partial charge is 0.490 e. The van der Waals surface area contributed by atoms with Gasteiger partial charge in [0.2, 0.25) is 5.91 Å². The molecule has 0 bridgehead atoms. The van der Waals surface area contributed by atoms with Crippen molar-refractivity contribution >= 4 is 34.9 Å². The maximum atomic E-state index is 13.1. The number of hydrogen-bond donors (Lipinski definition) is 2. The highest BCUT2D eigenvalue weighted by molar-refractivity contribution is 7.99. The summed E-state index contributed by atoms with van der Waals surface area (Å²) in [5, 5.41) is 11.2. The number of H-pyrrole nitrogens is 1. The second-order valence-corrected chi connectivity index (χ2v) is 8.78. The maximum Gasteiger partial charge on any atom is 0.330 e. The number of benzene rings is 1. The zero-order valence-electron chi connectivity index (χ0n) is 19.5. The molecule has 0 aliphatic heterocycles. The van der Waals surface area contributed by atoms with Crippen LogP contribution >= 0.6 is 11.8 Å². The molecule has 2 aromatic rings. The smallest absolute Gasteiger partial charge is 0.330 e. The van der Waals surface area contributed by atoms with Crippen LogP contribution in [-0.4, -0.2) is 53.5 Å². The van der Waals surface area contributed by atoms with Crippen molar-refractivity contribution in [2.24, 2.45) is 5.92 Å². The summed E-state index contributed by atoms with van der Waals surface area (Å²) in [7, 11) is 2.81. The van der Waals surface area contributed by atoms with Gasteiger partial charge in [-0.15, -0.1) is 11.8 Å². The summed E-state index contributed by atoms with van der Waals surface area (Å²) < 4.78 is 11.3. The third-order valence-electron chi connectivity index (χ3n) is 4.79. The van der Waals surface area contributed by atoms with Crippen LogP contribution in [-0.2, 0) is 21.8 Å². The summed E-state index contributed by atoms with van der Waals surface area (Å²) in [5.74, 6) is -0.0171. The Balaban J connectivity index is 2.26. The van der Waals surface area contributed by atoms with Crippen molar-refractivity contribution in [2.75, 3.05) is 43.8 Å². The number of nitro groups is 1. The molecule has 186 valence electrons. The number of nitro benzene ring substituents is 1. The number of amides is 1. The number of carbonyl (C=O) groups is 1. The summed E-state index contributed by atoms with van der Waals surface area (Å²) >= 11 is 1.22. The van der Waals surface area contributed by atoms with Gasteiger partial charge in [0.1, 0.15) is 5.82 Å². The Morgan fingerprint density at radius 1 is 1.32 bits per heavy atom. The molecule has 0 unspecified atom stereocenters. The van der Waals surface area contributed by atoms with Gasteiger partial charge in [-0.3, -0.25) is 29.3 Å². The van der Waals surface area contributed by atoms with Crippen molar-refractivity contribution in [2.45, 2.75) is 26.1 Å². The molecule has 2 rings (SSSR count). The van der Waals surface area contributed by atoms with Crippen LogP contribution in [0.3, 0.4) is 0 Å². The number of rotatable bonds is 12. The van der Waals surface area contributed by atoms with E-state index in [4.69, 9.17) is 15.2 Å². The number of ether oxygens (including phenoxy) is 2. The van der Waals surface area contributed by atoms with Crippen molar-refractivity contribution < 1.29 is 19.2 Å². The fourth-order valence-electron chi connectivity index (χ4n) is 3.23. The van der Waals surface area contributed by atoms with E-state index < -0.39 is 22.1 Å². The minimum absolute atomic E-state index is 0.0360. The number of aromatic nitrogens is 2. The van der Waals surface area contributed by atoms with Crippen molar-refractivity contribution in [3.05, 3.63) is 54.7 Å². The van der Waals surface area contributed by atoms with Crippen LogP contribution in [0, 0.1) is 16.0 Å². The van der Waals surface area contributed by atoms with Gasteiger partial charge in [-0.05, 0) is 17.5 Å². The number of nitrogen functional groups attached to an aromatic ring is 1. The zero-order valence-corrected chi connectivity index (χ0v) is 20.3. The Kier molecular flexibility index (Phi) is 9.69. The molecular weight excluding hydrogens is 466 g/mol. The number of thioether (sulfide) groups is 1. The van der Waals surface area contributed by atoms with E-state index in [1.807, 2.05) is 13.8 Å². The lowest BCUT2D eigenvalue weighted by atomic mass is 10.2. The number of carbonyl (C=O) groups excluding carboxylic acids is 1. The highest BCUT2D eigenvalue weighted by atomic mass is 32.2. The van der Waals surface area contributed by atoms with Crippen molar-refractivity contribution in [3.63, 3.8) is 0 Å². The average molecular weight is 496 g/mol. The number of aromatic amines is 1. The molecule has 13 heteroatoms. The van der Waals surface area contributed by atoms with Crippen LogP contribution in [0.4, 0.5) is 17.2 Å². The monoisotopic (exact) mass is 495 g/mol. The number of nitrogens with one attached hydrogen (secondary N) is 1. The quantitative estimate of drug-likeness (QED) is 0.329. The van der Waals surface area contributed by atoms with Crippen LogP contribution < -0.4 is 26.6 Å². The molecule has 34 heavy (non-hydrogen) atoms. The van der Waals surface area contributed by atoms with E-state index in [9.17, 15) is 24.5 Å². The molecular formula is C21H29N5O7S. The van der Waals surface area contributed by atoms with Crippen molar-refractivity contribution in [3.8, 4) is 5.75 Å². The number of nitrogens with zero attached hydrogens (tertiary/aromatic N) is 3. The lowest BCUT2D eigenvalue weighted by molar-refractivity contribution is -0.385. The number of methoxy groups -OCH3 is 2. The molecule has 0 spiro atoms. The zero-order chi connectivity index (χ0) is 25.4. The van der Waals surface area contributed by atoms with Crippen molar-refractivity contribution in [1.82, 2.24) is 9.55 Å². The van der Waals surface area contributed by atoms with Crippen LogP contribution in [0.15, 0.2) is 27.8 Å². The number of nitrogens with two attached hydrogens (primary N) is 1. The standard InChI is InChI=1S/C21H29N5O7S/c1-13(2)10-25-19(22)18(20(28)23-21(25)29)24(7-8-32-3)17(27)12-34-11-14-5-6-16(33-4)15(9-14)26(30)31/h5-6,9,13H,7-8,10-12,22H2,1-4H3,(H,23,28,29). The topological polar surface area (TPSA) is 163 Å². The van der Waals surface area contributed by atoms with E-state index in [0.29, 0.717) is 11.3 Å². The first-order valence-electron chi connectivity index (χ1n) is 10.4. The maximum absolute atomic E-state index is 13.1. The predicted molar refractivity (Wildman–Crippen MR) is 131 cm³/mol. The third kappa shape index (κ3) is 6.60. The molecule has 0 fully saturated rings. The molecule has 1 aromatic heterocycles. The van der Waals surface area contributed by atoms with Crippen LogP contribution in [0.5, 0.6) is 5.75 Å². The van der Waals surface area contributed by atoms with Gasteiger partial charge in [-0.2, -0.15) is 0 Å². The van der Waals surface area contributed by atoms with Crippen LogP contribution in [0.25, 0.3) is 0 Å². The van der Waals surface area contributed by atoms with E-state index in [2.05, 4.69) is 4.98 Å². The van der Waals surface area contributed by atoms with Gasteiger partial charge in [0.15, 0.2) is 11.4 Å². The lowest BCUT2D eigenvalue weighted by Crippen LogP contribution is -2.43. The molecule has 1 heterocycles.